The summed E-state index contributed by atoms with van der Waals surface area (Å²) in [5.41, 5.74) is 2.78. The van der Waals surface area contributed by atoms with Gasteiger partial charge in [0, 0.05) is 11.4 Å². The molecule has 4 nitrogen and oxygen atoms in total. The van der Waals surface area contributed by atoms with E-state index < -0.39 is 5.60 Å². The minimum Gasteiger partial charge on any atom is -0.444 e. The van der Waals surface area contributed by atoms with Gasteiger partial charge in [0.25, 0.3) is 0 Å². The summed E-state index contributed by atoms with van der Waals surface area (Å²) in [7, 11) is 0. The molecule has 1 atom stereocenters. The molecule has 1 aliphatic heterocycles. The second-order valence-corrected chi connectivity index (χ2v) is 8.93. The van der Waals surface area contributed by atoms with Gasteiger partial charge in [-0.05, 0) is 69.6 Å². The smallest absolute Gasteiger partial charge is 0.411 e. The predicted molar refractivity (Wildman–Crippen MR) is 112 cm³/mol. The van der Waals surface area contributed by atoms with E-state index in [1.807, 2.05) is 52.8 Å². The fraction of sp³-hybridized carbons (Fsp3) is 0.455. The Labute approximate surface area is 166 Å². The van der Waals surface area contributed by atoms with Gasteiger partial charge in [-0.2, -0.15) is 0 Å². The number of hydrogen-bond acceptors (Lipinski definition) is 4. The lowest BCUT2D eigenvalue weighted by Crippen LogP contribution is -2.40. The van der Waals surface area contributed by atoms with Crippen molar-refractivity contribution in [2.24, 2.45) is 0 Å². The minimum atomic E-state index is -0.559. The molecule has 1 amide bonds. The third-order valence-electron chi connectivity index (χ3n) is 4.46. The second kappa shape index (κ2) is 8.79. The van der Waals surface area contributed by atoms with Crippen LogP contribution >= 0.6 is 11.8 Å². The number of aryl methyl sites for hydroxylation is 1. The highest BCUT2D eigenvalue weighted by molar-refractivity contribution is 8.07. The quantitative estimate of drug-likeness (QED) is 0.600. The van der Waals surface area contributed by atoms with Gasteiger partial charge in [0.05, 0.1) is 6.04 Å². The van der Waals surface area contributed by atoms with Crippen LogP contribution in [0.5, 0.6) is 0 Å². The summed E-state index contributed by atoms with van der Waals surface area (Å²) in [6.45, 7) is 12.2. The van der Waals surface area contributed by atoms with Crippen molar-refractivity contribution in [3.63, 3.8) is 0 Å². The average Bonchev–Trinajstić information content (AvgIpc) is 2.59. The molecule has 0 spiro atoms. The number of amides is 1. The largest absolute Gasteiger partial charge is 0.444 e. The van der Waals surface area contributed by atoms with Crippen molar-refractivity contribution in [3.05, 3.63) is 56.9 Å². The van der Waals surface area contributed by atoms with Gasteiger partial charge in [0.1, 0.15) is 5.60 Å². The number of thioether (sulfide) groups is 1. The van der Waals surface area contributed by atoms with Gasteiger partial charge in [-0.1, -0.05) is 42.1 Å². The third-order valence-corrected chi connectivity index (χ3v) is 5.52. The number of carbonyl (C=O) groups excluding carboxylic acids is 2. The predicted octanol–water partition coefficient (Wildman–Crippen LogP) is 5.79. The van der Waals surface area contributed by atoms with Crippen LogP contribution < -0.4 is 0 Å². The molecule has 1 heterocycles. The van der Waals surface area contributed by atoms with Crippen molar-refractivity contribution in [1.82, 2.24) is 4.90 Å². The molecule has 1 aliphatic rings. The van der Waals surface area contributed by atoms with Crippen LogP contribution in [-0.2, 0) is 9.53 Å². The van der Waals surface area contributed by atoms with Crippen molar-refractivity contribution in [1.29, 1.82) is 0 Å². The van der Waals surface area contributed by atoms with Crippen LogP contribution in [0, 0.1) is 6.92 Å². The molecule has 0 bridgehead atoms. The third kappa shape index (κ3) is 5.25. The summed E-state index contributed by atoms with van der Waals surface area (Å²) in [6, 6.07) is 7.90. The SMILES string of the molecule is CCN(C(=O)OC(C)(C)C)C(C1=C(C)SC(C=O)=CC1)c1ccccc1C. The normalized spacial score (nSPS) is 15.9. The van der Waals surface area contributed by atoms with E-state index >= 15 is 0 Å². The summed E-state index contributed by atoms with van der Waals surface area (Å²) in [5, 5.41) is 0. The highest BCUT2D eigenvalue weighted by Crippen LogP contribution is 2.42. The molecule has 1 aromatic carbocycles. The molecule has 0 aromatic heterocycles. The topological polar surface area (TPSA) is 46.6 Å². The molecule has 1 unspecified atom stereocenters. The Morgan fingerprint density at radius 1 is 1.30 bits per heavy atom. The molecule has 0 N–H and O–H groups in total. The molecule has 0 aliphatic carbocycles. The molecule has 0 fully saturated rings. The van der Waals surface area contributed by atoms with E-state index in [9.17, 15) is 9.59 Å². The Bertz CT molecular complexity index is 774. The lowest BCUT2D eigenvalue weighted by Gasteiger charge is -2.36. The highest BCUT2D eigenvalue weighted by atomic mass is 32.2. The van der Waals surface area contributed by atoms with Crippen LogP contribution in [0.2, 0.25) is 0 Å². The number of ether oxygens (including phenoxy) is 1. The molecule has 1 aromatic rings. The van der Waals surface area contributed by atoms with E-state index in [4.69, 9.17) is 4.74 Å². The van der Waals surface area contributed by atoms with Gasteiger partial charge in [-0.15, -0.1) is 0 Å². The maximum atomic E-state index is 13.0. The first kappa shape index (κ1) is 21.3. The van der Waals surface area contributed by atoms with Crippen LogP contribution in [0.3, 0.4) is 0 Å². The maximum absolute atomic E-state index is 13.0. The Balaban J connectivity index is 2.52. The van der Waals surface area contributed by atoms with E-state index in [-0.39, 0.29) is 12.1 Å². The zero-order valence-corrected chi connectivity index (χ0v) is 17.9. The van der Waals surface area contributed by atoms with Gasteiger partial charge in [0.2, 0.25) is 0 Å². The molecule has 5 heteroatoms. The lowest BCUT2D eigenvalue weighted by molar-refractivity contribution is -0.104. The fourth-order valence-electron chi connectivity index (χ4n) is 3.19. The Morgan fingerprint density at radius 3 is 2.48 bits per heavy atom. The Morgan fingerprint density at radius 2 is 1.96 bits per heavy atom. The molecule has 146 valence electrons. The summed E-state index contributed by atoms with van der Waals surface area (Å²) in [4.78, 5) is 27.7. The zero-order chi connectivity index (χ0) is 20.2. The first-order valence-corrected chi connectivity index (χ1v) is 10.1. The zero-order valence-electron chi connectivity index (χ0n) is 17.0. The summed E-state index contributed by atoms with van der Waals surface area (Å²) < 4.78 is 5.69. The first-order valence-electron chi connectivity index (χ1n) is 9.26. The van der Waals surface area contributed by atoms with Crippen LogP contribution in [0.4, 0.5) is 4.79 Å². The van der Waals surface area contributed by atoms with E-state index in [1.165, 1.54) is 11.8 Å². The van der Waals surface area contributed by atoms with Gasteiger partial charge < -0.3 is 4.74 Å². The summed E-state index contributed by atoms with van der Waals surface area (Å²) in [5.74, 6) is 0. The fourth-order valence-corrected chi connectivity index (χ4v) is 4.08. The number of hydrogen-bond donors (Lipinski definition) is 0. The second-order valence-electron chi connectivity index (χ2n) is 7.64. The molecule has 2 rings (SSSR count). The minimum absolute atomic E-state index is 0.219. The summed E-state index contributed by atoms with van der Waals surface area (Å²) in [6.07, 6.45) is 3.15. The molecule has 27 heavy (non-hydrogen) atoms. The van der Waals surface area contributed by atoms with Crippen LogP contribution in [0.1, 0.15) is 58.2 Å². The molecular weight excluding hydrogens is 358 g/mol. The van der Waals surface area contributed by atoms with Gasteiger partial charge in [0.15, 0.2) is 6.29 Å². The van der Waals surface area contributed by atoms with Crippen molar-refractivity contribution in [3.8, 4) is 0 Å². The van der Waals surface area contributed by atoms with Crippen molar-refractivity contribution < 1.29 is 14.3 Å². The number of benzene rings is 1. The molecular formula is C22H29NO3S. The number of aldehydes is 1. The van der Waals surface area contributed by atoms with Crippen LogP contribution in [-0.4, -0.2) is 29.4 Å². The number of nitrogens with zero attached hydrogens (tertiary/aromatic N) is 1. The average molecular weight is 388 g/mol. The lowest BCUT2D eigenvalue weighted by atomic mass is 9.91. The van der Waals surface area contributed by atoms with Gasteiger partial charge in [-0.25, -0.2) is 4.79 Å². The highest BCUT2D eigenvalue weighted by Gasteiger charge is 2.33. The monoisotopic (exact) mass is 387 g/mol. The summed E-state index contributed by atoms with van der Waals surface area (Å²) >= 11 is 1.47. The van der Waals surface area contributed by atoms with Crippen molar-refractivity contribution in [2.75, 3.05) is 6.54 Å². The Hall–Kier alpha value is -2.01. The van der Waals surface area contributed by atoms with Gasteiger partial charge in [-0.3, -0.25) is 9.69 Å². The van der Waals surface area contributed by atoms with Crippen LogP contribution in [0.15, 0.2) is 45.7 Å². The van der Waals surface area contributed by atoms with E-state index in [1.54, 1.807) is 4.90 Å². The van der Waals surface area contributed by atoms with Crippen LogP contribution in [0.25, 0.3) is 0 Å². The Kier molecular flexibility index (Phi) is 6.93. The van der Waals surface area contributed by atoms with Crippen molar-refractivity contribution >= 4 is 24.1 Å². The molecule has 0 saturated heterocycles. The van der Waals surface area contributed by atoms with E-state index in [0.717, 1.165) is 32.8 Å². The molecule has 0 saturated carbocycles. The van der Waals surface area contributed by atoms with E-state index in [2.05, 4.69) is 19.1 Å². The first-order chi connectivity index (χ1) is 12.7. The molecule has 0 radical (unpaired) electrons. The van der Waals surface area contributed by atoms with Gasteiger partial charge >= 0.3 is 6.09 Å². The number of likely N-dealkylation sites (N-methyl/N-ethyl adjacent to an activating group) is 1. The van der Waals surface area contributed by atoms with Crippen molar-refractivity contribution in [2.45, 2.75) is 59.6 Å². The van der Waals surface area contributed by atoms with E-state index in [0.29, 0.717) is 13.0 Å². The standard InChI is InChI=1S/C22H29NO3S/c1-7-23(21(25)26-22(4,5)6)20(18-11-9-8-10-15(18)2)19-13-12-17(14-24)27-16(19)3/h8-12,14,20H,7,13H2,1-6H3. The maximum Gasteiger partial charge on any atom is 0.411 e. The number of carbonyl (C=O) groups is 2. The number of allylic oxidation sites excluding steroid dienone is 3. The number of rotatable bonds is 5.